The van der Waals surface area contributed by atoms with E-state index in [-0.39, 0.29) is 0 Å². The highest BCUT2D eigenvalue weighted by atomic mass is 19.4. The zero-order chi connectivity index (χ0) is 22.0. The van der Waals surface area contributed by atoms with E-state index in [1.807, 2.05) is 5.32 Å². The number of aromatic nitrogens is 2. The molecule has 0 fully saturated rings. The minimum atomic E-state index is -4.87. The number of nitriles is 1. The number of hydrogen-bond donors (Lipinski definition) is 2. The number of hydrogen-bond acceptors (Lipinski definition) is 4. The fourth-order valence-corrected chi connectivity index (χ4v) is 2.27. The average Bonchev–Trinajstić information content (AvgIpc) is 3.09. The lowest BCUT2D eigenvalue weighted by molar-refractivity contribution is -0.138. The molecule has 0 bridgehead atoms. The first kappa shape index (κ1) is 22.0. The van der Waals surface area contributed by atoms with Gasteiger partial charge in [0.05, 0.1) is 35.5 Å². The van der Waals surface area contributed by atoms with Crippen molar-refractivity contribution in [3.05, 3.63) is 59.9 Å². The van der Waals surface area contributed by atoms with Crippen molar-refractivity contribution >= 4 is 11.6 Å². The van der Waals surface area contributed by atoms with Gasteiger partial charge in [0.15, 0.2) is 5.60 Å². The van der Waals surface area contributed by atoms with Crippen LogP contribution in [-0.2, 0) is 23.7 Å². The van der Waals surface area contributed by atoms with Gasteiger partial charge in [-0.1, -0.05) is 6.58 Å². The van der Waals surface area contributed by atoms with E-state index in [1.165, 1.54) is 6.07 Å². The first-order valence-corrected chi connectivity index (χ1v) is 7.68. The molecule has 2 rings (SSSR count). The fourth-order valence-electron chi connectivity index (χ4n) is 2.27. The number of alkyl halides is 6. The predicted molar refractivity (Wildman–Crippen MR) is 87.2 cm³/mol. The first-order valence-electron chi connectivity index (χ1n) is 7.68. The van der Waals surface area contributed by atoms with Crippen LogP contribution in [0.3, 0.4) is 0 Å². The van der Waals surface area contributed by atoms with Crippen molar-refractivity contribution in [1.82, 2.24) is 9.78 Å². The molecule has 1 heterocycles. The van der Waals surface area contributed by atoms with Crippen LogP contribution in [-0.4, -0.2) is 26.4 Å². The zero-order valence-corrected chi connectivity index (χ0v) is 14.3. The molecular formula is C17H12F6N4O2. The second-order valence-corrected chi connectivity index (χ2v) is 5.88. The van der Waals surface area contributed by atoms with Gasteiger partial charge in [-0.15, -0.1) is 0 Å². The number of nitrogens with one attached hydrogen (secondary N) is 1. The summed E-state index contributed by atoms with van der Waals surface area (Å²) in [5.74, 6) is -1.26. The molecular weight excluding hydrogens is 406 g/mol. The Hall–Kier alpha value is -3.33. The molecule has 154 valence electrons. The topological polar surface area (TPSA) is 90.9 Å². The van der Waals surface area contributed by atoms with Crippen LogP contribution in [0.2, 0.25) is 0 Å². The molecule has 1 amide bonds. The number of carbonyl (C=O) groups excluding carboxylic acids is 1. The summed E-state index contributed by atoms with van der Waals surface area (Å²) in [6.45, 7) is 2.46. The molecule has 1 aromatic heterocycles. The van der Waals surface area contributed by atoms with Gasteiger partial charge in [-0.25, -0.2) is 0 Å². The number of amides is 1. The Bertz CT molecular complexity index is 974. The summed E-state index contributed by atoms with van der Waals surface area (Å²) in [7, 11) is 0. The van der Waals surface area contributed by atoms with E-state index in [2.05, 4.69) is 11.7 Å². The van der Waals surface area contributed by atoms with Crippen LogP contribution < -0.4 is 5.32 Å². The van der Waals surface area contributed by atoms with Crippen molar-refractivity contribution in [3.63, 3.8) is 0 Å². The van der Waals surface area contributed by atoms with Gasteiger partial charge in [0.1, 0.15) is 0 Å². The van der Waals surface area contributed by atoms with Gasteiger partial charge in [-0.2, -0.15) is 36.7 Å². The molecule has 12 heteroatoms. The second kappa shape index (κ2) is 7.59. The highest BCUT2D eigenvalue weighted by Crippen LogP contribution is 2.34. The van der Waals surface area contributed by atoms with Gasteiger partial charge in [-0.05, 0) is 24.3 Å². The van der Waals surface area contributed by atoms with Gasteiger partial charge in [0, 0.05) is 11.9 Å². The molecule has 0 saturated carbocycles. The Morgan fingerprint density at radius 2 is 1.93 bits per heavy atom. The largest absolute Gasteiger partial charge is 0.419 e. The zero-order valence-electron chi connectivity index (χ0n) is 14.3. The maximum atomic E-state index is 13.0. The Morgan fingerprint density at radius 1 is 1.28 bits per heavy atom. The number of rotatable bonds is 5. The molecule has 0 saturated heterocycles. The molecule has 0 aliphatic rings. The average molecular weight is 418 g/mol. The minimum absolute atomic E-state index is 0.391. The van der Waals surface area contributed by atoms with Crippen LogP contribution in [0.15, 0.2) is 43.2 Å². The Kier molecular flexibility index (Phi) is 5.75. The lowest BCUT2D eigenvalue weighted by Crippen LogP contribution is -2.44. The van der Waals surface area contributed by atoms with Crippen LogP contribution >= 0.6 is 0 Å². The highest BCUT2D eigenvalue weighted by molar-refractivity contribution is 5.98. The summed E-state index contributed by atoms with van der Waals surface area (Å²) >= 11 is 0. The van der Waals surface area contributed by atoms with E-state index in [0.29, 0.717) is 29.2 Å². The number of benzene rings is 1. The van der Waals surface area contributed by atoms with E-state index < -0.39 is 52.8 Å². The number of anilines is 1. The molecule has 2 N–H and O–H groups in total. The number of carbonyl (C=O) groups is 1. The number of nitrogens with zero attached hydrogens (tertiary/aromatic N) is 3. The Labute approximate surface area is 159 Å². The number of aliphatic hydroxyl groups is 1. The highest BCUT2D eigenvalue weighted by Gasteiger charge is 2.37. The molecule has 2 aromatic rings. The van der Waals surface area contributed by atoms with Crippen molar-refractivity contribution in [2.75, 3.05) is 5.32 Å². The van der Waals surface area contributed by atoms with Crippen LogP contribution in [0.1, 0.15) is 16.7 Å². The van der Waals surface area contributed by atoms with Crippen molar-refractivity contribution in [2.45, 2.75) is 24.5 Å². The lowest BCUT2D eigenvalue weighted by Gasteiger charge is -2.23. The summed E-state index contributed by atoms with van der Waals surface area (Å²) < 4.78 is 77.5. The summed E-state index contributed by atoms with van der Waals surface area (Å²) in [5.41, 5.74) is -5.97. The minimum Gasteiger partial charge on any atom is -0.374 e. The van der Waals surface area contributed by atoms with E-state index >= 15 is 0 Å². The van der Waals surface area contributed by atoms with E-state index in [1.54, 1.807) is 0 Å². The van der Waals surface area contributed by atoms with Crippen molar-refractivity contribution in [2.24, 2.45) is 0 Å². The van der Waals surface area contributed by atoms with E-state index in [0.717, 1.165) is 12.1 Å². The fraction of sp³-hybridized carbons (Fsp3) is 0.235. The molecule has 1 aromatic carbocycles. The van der Waals surface area contributed by atoms with Crippen molar-refractivity contribution in [3.8, 4) is 6.07 Å². The Balaban J connectivity index is 2.26. The summed E-state index contributed by atoms with van der Waals surface area (Å²) in [4.78, 5) is 12.3. The third-order valence-electron chi connectivity index (χ3n) is 3.80. The van der Waals surface area contributed by atoms with Gasteiger partial charge in [0.2, 0.25) is 0 Å². The molecule has 0 aliphatic carbocycles. The van der Waals surface area contributed by atoms with Gasteiger partial charge < -0.3 is 10.4 Å². The third-order valence-corrected chi connectivity index (χ3v) is 3.80. The molecule has 0 aliphatic heterocycles. The third kappa shape index (κ3) is 4.94. The molecule has 1 atom stereocenters. The molecule has 6 nitrogen and oxygen atoms in total. The molecule has 0 radical (unpaired) electrons. The number of halogens is 6. The van der Waals surface area contributed by atoms with Gasteiger partial charge in [0.25, 0.3) is 5.91 Å². The Morgan fingerprint density at radius 3 is 2.41 bits per heavy atom. The smallest absolute Gasteiger partial charge is 0.374 e. The van der Waals surface area contributed by atoms with Crippen LogP contribution in [0, 0.1) is 11.3 Å². The second-order valence-electron chi connectivity index (χ2n) is 5.88. The lowest BCUT2D eigenvalue weighted by atomic mass is 10.0. The van der Waals surface area contributed by atoms with Crippen LogP contribution in [0.25, 0.3) is 0 Å². The van der Waals surface area contributed by atoms with E-state index in [9.17, 15) is 36.2 Å². The molecule has 1 unspecified atom stereocenters. The standard InChI is InChI=1S/C17H12F6N4O2/c1-2-15(29,9-27-8-11(7-25-27)16(18,19)20)14(28)26-12-4-3-10(6-24)13(5-12)17(21,22)23/h2-5,7-8,29H,1,9H2,(H,26,28). The monoisotopic (exact) mass is 418 g/mol. The normalized spacial score (nSPS) is 14.0. The van der Waals surface area contributed by atoms with Crippen molar-refractivity contribution in [1.29, 1.82) is 5.26 Å². The van der Waals surface area contributed by atoms with Gasteiger partial charge >= 0.3 is 12.4 Å². The summed E-state index contributed by atoms with van der Waals surface area (Å²) in [5, 5.41) is 24.6. The molecule has 0 spiro atoms. The maximum Gasteiger partial charge on any atom is 0.419 e. The van der Waals surface area contributed by atoms with Crippen LogP contribution in [0.5, 0.6) is 0 Å². The predicted octanol–water partition coefficient (Wildman–Crippen LogP) is 3.35. The summed E-state index contributed by atoms with van der Waals surface area (Å²) in [6, 6.07) is 3.70. The van der Waals surface area contributed by atoms with E-state index in [4.69, 9.17) is 5.26 Å². The van der Waals surface area contributed by atoms with Gasteiger partial charge in [-0.3, -0.25) is 9.48 Å². The SMILES string of the molecule is C=CC(O)(Cn1cc(C(F)(F)F)cn1)C(=O)Nc1ccc(C#N)c(C(F)(F)F)c1. The quantitative estimate of drug-likeness (QED) is 0.576. The first-order chi connectivity index (χ1) is 13.3. The summed E-state index contributed by atoms with van der Waals surface area (Å²) in [6.07, 6.45) is -7.82. The van der Waals surface area contributed by atoms with Crippen molar-refractivity contribution < 1.29 is 36.2 Å². The molecule has 29 heavy (non-hydrogen) atoms. The van der Waals surface area contributed by atoms with Crippen LogP contribution in [0.4, 0.5) is 32.0 Å². The maximum absolute atomic E-state index is 13.0.